The van der Waals surface area contributed by atoms with Crippen LogP contribution >= 0.6 is 15.8 Å². The van der Waals surface area contributed by atoms with Crippen LogP contribution < -0.4 is 21.2 Å². The Morgan fingerprint density at radius 1 is 0.432 bits per heavy atom. The summed E-state index contributed by atoms with van der Waals surface area (Å²) in [5, 5.41) is 5.89. The van der Waals surface area contributed by atoms with Crippen molar-refractivity contribution < 1.29 is 47.8 Å². The molecule has 0 spiro atoms. The smallest absolute Gasteiger partial charge is 0.307 e. The summed E-state index contributed by atoms with van der Waals surface area (Å²) in [5.41, 5.74) is 0. The van der Waals surface area contributed by atoms with E-state index in [0.29, 0.717) is 0 Å². The number of hydrogen-bond acceptors (Lipinski definition) is 0. The van der Waals surface area contributed by atoms with Crippen LogP contribution in [0.15, 0.2) is 121 Å². The van der Waals surface area contributed by atoms with Gasteiger partial charge in [-0.1, -0.05) is 153 Å². The molecule has 0 radical (unpaired) electrons. The van der Waals surface area contributed by atoms with Crippen molar-refractivity contribution in [1.29, 1.82) is 0 Å². The zero-order valence-corrected chi connectivity index (χ0v) is 26.8. The average Bonchev–Trinajstić information content (AvgIpc) is 3.61. The Bertz CT molecular complexity index is 1100. The van der Waals surface area contributed by atoms with E-state index in [1.807, 2.05) is 0 Å². The van der Waals surface area contributed by atoms with Gasteiger partial charge in [-0.25, -0.2) is 26.3 Å². The second-order valence-corrected chi connectivity index (χ2v) is 14.4. The number of halogens is 7. The molecule has 10 heteroatoms. The molecule has 0 N–H and O–H groups in total. The molecular formula is C34H34F7FeP2-. The van der Waals surface area contributed by atoms with Gasteiger partial charge in [0, 0.05) is 23.2 Å². The van der Waals surface area contributed by atoms with E-state index in [4.69, 9.17) is 0 Å². The van der Waals surface area contributed by atoms with Gasteiger partial charge in [-0.05, 0) is 49.4 Å². The number of rotatable bonds is 7. The maximum Gasteiger partial charge on any atom is 0.307 e. The summed E-state index contributed by atoms with van der Waals surface area (Å²) >= 11 is 0. The maximum atomic E-state index is 11.1. The monoisotopic (exact) mass is 693 g/mol. The van der Waals surface area contributed by atoms with Gasteiger partial charge in [0.2, 0.25) is 0 Å². The van der Waals surface area contributed by atoms with Crippen molar-refractivity contribution in [3.63, 3.8) is 0 Å². The molecule has 0 aromatic heterocycles. The first kappa shape index (κ1) is 38.0. The summed E-state index contributed by atoms with van der Waals surface area (Å²) in [4.78, 5) is 0. The third kappa shape index (κ3) is 13.0. The molecule has 0 unspecified atom stereocenters. The molecule has 44 heavy (non-hydrogen) atoms. The van der Waals surface area contributed by atoms with Gasteiger partial charge in [-0.3, -0.25) is 0 Å². The van der Waals surface area contributed by atoms with Gasteiger partial charge in [-0.2, -0.15) is 0 Å². The Morgan fingerprint density at radius 3 is 0.795 bits per heavy atom. The number of hydrogen-bond donors (Lipinski definition) is 0. The summed E-state index contributed by atoms with van der Waals surface area (Å²) < 4.78 is 76.0. The van der Waals surface area contributed by atoms with Crippen LogP contribution in [-0.2, 0) is 17.1 Å². The predicted molar refractivity (Wildman–Crippen MR) is 167 cm³/mol. The van der Waals surface area contributed by atoms with Gasteiger partial charge >= 0.3 is 12.4 Å². The van der Waals surface area contributed by atoms with Crippen molar-refractivity contribution in [3.05, 3.63) is 127 Å². The number of alkyl halides is 6. The van der Waals surface area contributed by atoms with Crippen LogP contribution in [0.3, 0.4) is 0 Å². The van der Waals surface area contributed by atoms with Crippen LogP contribution in [0.1, 0.15) is 32.1 Å². The van der Waals surface area contributed by atoms with Gasteiger partial charge in [0.15, 0.2) is 0 Å². The minimum absolute atomic E-state index is 0. The quantitative estimate of drug-likeness (QED) is 0.0783. The van der Waals surface area contributed by atoms with E-state index in [2.05, 4.69) is 121 Å². The van der Waals surface area contributed by atoms with Crippen LogP contribution in [0.25, 0.3) is 0 Å². The summed E-state index contributed by atoms with van der Waals surface area (Å²) in [6.45, 7) is 0. The van der Waals surface area contributed by atoms with Crippen molar-refractivity contribution in [2.75, 3.05) is 12.3 Å². The maximum absolute atomic E-state index is 11.1. The van der Waals surface area contributed by atoms with Crippen molar-refractivity contribution in [1.82, 2.24) is 0 Å². The van der Waals surface area contributed by atoms with Crippen molar-refractivity contribution in [2.24, 2.45) is 0 Å². The van der Waals surface area contributed by atoms with Crippen molar-refractivity contribution in [3.8, 4) is 0 Å². The molecular weight excluding hydrogens is 659 g/mol. The molecule has 1 aliphatic rings. The first-order valence-electron chi connectivity index (χ1n) is 14.0. The Morgan fingerprint density at radius 2 is 0.636 bits per heavy atom. The SMILES string of the molecule is C1CCCC1.F[C-](C(F)(F)F)C(F)(F)F.[Fe].c1ccc(P(CCP(c2ccccc2)c2ccccc2)c2ccccc2)cc1. The van der Waals surface area contributed by atoms with E-state index in [1.165, 1.54) is 65.6 Å². The molecule has 0 aliphatic heterocycles. The van der Waals surface area contributed by atoms with Crippen LogP contribution in [0.4, 0.5) is 30.7 Å². The summed E-state index contributed by atoms with van der Waals surface area (Å²) in [5.74, 6) is 0. The van der Waals surface area contributed by atoms with Crippen LogP contribution in [0, 0.1) is 6.17 Å². The van der Waals surface area contributed by atoms with Gasteiger partial charge in [0.25, 0.3) is 0 Å². The van der Waals surface area contributed by atoms with E-state index in [-0.39, 0.29) is 32.9 Å². The molecule has 5 rings (SSSR count). The molecule has 0 heterocycles. The molecule has 1 aliphatic carbocycles. The Kier molecular flexibility index (Phi) is 16.7. The second-order valence-electron chi connectivity index (χ2n) is 9.72. The molecule has 1 fully saturated rings. The van der Waals surface area contributed by atoms with E-state index < -0.39 is 18.5 Å². The van der Waals surface area contributed by atoms with E-state index >= 15 is 0 Å². The molecule has 4 aromatic carbocycles. The van der Waals surface area contributed by atoms with E-state index in [1.54, 1.807) is 0 Å². The zero-order valence-electron chi connectivity index (χ0n) is 23.9. The summed E-state index contributed by atoms with van der Waals surface area (Å²) in [6, 6.07) is 44.2. The van der Waals surface area contributed by atoms with Gasteiger partial charge < -0.3 is 4.39 Å². The predicted octanol–water partition coefficient (Wildman–Crippen LogP) is 9.81. The van der Waals surface area contributed by atoms with Crippen molar-refractivity contribution in [2.45, 2.75) is 44.5 Å². The van der Waals surface area contributed by atoms with Crippen LogP contribution in [0.5, 0.6) is 0 Å². The first-order chi connectivity index (χ1) is 20.6. The molecule has 1 saturated carbocycles. The normalized spacial score (nSPS) is 13.0. The van der Waals surface area contributed by atoms with Crippen LogP contribution in [0.2, 0.25) is 0 Å². The summed E-state index contributed by atoms with van der Waals surface area (Å²) in [7, 11) is -0.696. The fraction of sp³-hybridized carbons (Fsp3) is 0.265. The molecule has 238 valence electrons. The van der Waals surface area contributed by atoms with Crippen LogP contribution in [-0.4, -0.2) is 24.7 Å². The van der Waals surface area contributed by atoms with E-state index in [9.17, 15) is 30.7 Å². The minimum atomic E-state index is -5.93. The fourth-order valence-corrected chi connectivity index (χ4v) is 9.85. The van der Waals surface area contributed by atoms with Gasteiger partial charge in [0.05, 0.1) is 0 Å². The minimum Gasteiger partial charge on any atom is -0.438 e. The third-order valence-corrected chi connectivity index (χ3v) is 11.9. The average molecular weight is 693 g/mol. The Labute approximate surface area is 268 Å². The second kappa shape index (κ2) is 19.3. The molecule has 0 nitrogen and oxygen atoms in total. The fourth-order valence-electron chi connectivity index (χ4n) is 4.49. The topological polar surface area (TPSA) is 0 Å². The standard InChI is InChI=1S/C26H24P2.C5H10.C3F7.Fe/c1-5-13-23(14-6-1)27(24-15-7-2-8-16-24)21-22-28(25-17-9-3-10-18-25)26-19-11-4-12-20-26;1-2-4-5-3-1;4-1(2(5,6)7)3(8,9)10;/h1-20H,21-22H2;1-5H2;;/q;;-1;. The van der Waals surface area contributed by atoms with E-state index in [0.717, 1.165) is 0 Å². The molecule has 0 saturated heterocycles. The van der Waals surface area contributed by atoms with Gasteiger partial charge in [0.1, 0.15) is 0 Å². The number of benzene rings is 4. The molecule has 0 bridgehead atoms. The third-order valence-electron chi connectivity index (χ3n) is 6.57. The molecule has 0 atom stereocenters. The zero-order chi connectivity index (χ0) is 31.1. The van der Waals surface area contributed by atoms with Crippen molar-refractivity contribution >= 4 is 37.1 Å². The summed E-state index contributed by atoms with van der Waals surface area (Å²) in [6.07, 6.45) is -5.88. The molecule has 0 amide bonds. The Hall–Kier alpha value is -2.23. The Balaban J connectivity index is 0.000000350. The molecule has 4 aromatic rings. The van der Waals surface area contributed by atoms with Gasteiger partial charge in [-0.15, -0.1) is 0 Å². The first-order valence-corrected chi connectivity index (χ1v) is 17.0. The largest absolute Gasteiger partial charge is 0.438 e.